The first-order valence-electron chi connectivity index (χ1n) is 6.21. The molecule has 0 radical (unpaired) electrons. The molecule has 0 unspecified atom stereocenters. The summed E-state index contributed by atoms with van der Waals surface area (Å²) in [6.45, 7) is 0. The van der Waals surface area contributed by atoms with Gasteiger partial charge >= 0.3 is 5.97 Å². The Balaban J connectivity index is 2.22. The molecule has 0 aromatic heterocycles. The van der Waals surface area contributed by atoms with Crippen LogP contribution in [-0.4, -0.2) is 22.0 Å². The predicted molar refractivity (Wildman–Crippen MR) is 73.9 cm³/mol. The highest BCUT2D eigenvalue weighted by molar-refractivity contribution is 6.10. The smallest absolute Gasteiger partial charge is 0.303 e. The highest BCUT2D eigenvalue weighted by Crippen LogP contribution is 2.22. The van der Waals surface area contributed by atoms with Crippen LogP contribution in [0.15, 0.2) is 48.5 Å². The number of phenolic OH excluding ortho intramolecular Hbond substituents is 1. The molecule has 4 nitrogen and oxygen atoms in total. The molecule has 0 aliphatic heterocycles. The third-order valence-corrected chi connectivity index (χ3v) is 2.97. The lowest BCUT2D eigenvalue weighted by molar-refractivity contribution is -0.136. The second kappa shape index (κ2) is 6.02. The highest BCUT2D eigenvalue weighted by Gasteiger charge is 2.13. The van der Waals surface area contributed by atoms with Crippen LogP contribution >= 0.6 is 0 Å². The van der Waals surface area contributed by atoms with Gasteiger partial charge < -0.3 is 10.2 Å². The maximum Gasteiger partial charge on any atom is 0.303 e. The zero-order valence-electron chi connectivity index (χ0n) is 10.7. The molecule has 0 heterocycles. The number of aryl methyl sites for hydroxylation is 1. The topological polar surface area (TPSA) is 74.6 Å². The molecule has 2 aromatic carbocycles. The molecule has 0 spiro atoms. The van der Waals surface area contributed by atoms with E-state index in [1.54, 1.807) is 30.3 Å². The van der Waals surface area contributed by atoms with Crippen LogP contribution in [0.1, 0.15) is 27.9 Å². The van der Waals surface area contributed by atoms with Crippen LogP contribution in [0.2, 0.25) is 0 Å². The SMILES string of the molecule is O=C(O)CCc1ccc(C(=O)c2ccccc2)c(O)c1. The molecule has 20 heavy (non-hydrogen) atoms. The van der Waals surface area contributed by atoms with Gasteiger partial charge in [0.1, 0.15) is 5.75 Å². The Morgan fingerprint density at radius 2 is 1.70 bits per heavy atom. The lowest BCUT2D eigenvalue weighted by atomic mass is 9.99. The van der Waals surface area contributed by atoms with Crippen molar-refractivity contribution in [1.82, 2.24) is 0 Å². The van der Waals surface area contributed by atoms with E-state index >= 15 is 0 Å². The molecule has 4 heteroatoms. The summed E-state index contributed by atoms with van der Waals surface area (Å²) in [5, 5.41) is 18.5. The summed E-state index contributed by atoms with van der Waals surface area (Å²) in [6.07, 6.45) is 0.314. The van der Waals surface area contributed by atoms with Crippen molar-refractivity contribution < 1.29 is 19.8 Å². The zero-order chi connectivity index (χ0) is 14.5. The summed E-state index contributed by atoms with van der Waals surface area (Å²) in [5.41, 5.74) is 1.41. The molecular formula is C16H14O4. The summed E-state index contributed by atoms with van der Waals surface area (Å²) in [5.74, 6) is -1.27. The molecule has 0 fully saturated rings. The van der Waals surface area contributed by atoms with Gasteiger partial charge in [0.2, 0.25) is 0 Å². The molecular weight excluding hydrogens is 256 g/mol. The fourth-order valence-corrected chi connectivity index (χ4v) is 1.92. The molecule has 0 amide bonds. The van der Waals surface area contributed by atoms with E-state index in [2.05, 4.69) is 0 Å². The molecule has 102 valence electrons. The Labute approximate surface area is 116 Å². The van der Waals surface area contributed by atoms with Gasteiger partial charge in [0.05, 0.1) is 5.56 Å². The number of carboxylic acid groups (broad SMARTS) is 1. The number of hydrogen-bond donors (Lipinski definition) is 2. The van der Waals surface area contributed by atoms with E-state index in [1.807, 2.05) is 6.07 Å². The maximum absolute atomic E-state index is 12.2. The fraction of sp³-hybridized carbons (Fsp3) is 0.125. The predicted octanol–water partition coefficient (Wildman–Crippen LogP) is 2.64. The average Bonchev–Trinajstić information content (AvgIpc) is 2.45. The number of carbonyl (C=O) groups is 2. The number of hydrogen-bond acceptors (Lipinski definition) is 3. The van der Waals surface area contributed by atoms with Crippen molar-refractivity contribution in [3.8, 4) is 5.75 Å². The molecule has 0 saturated heterocycles. The Morgan fingerprint density at radius 3 is 2.30 bits per heavy atom. The van der Waals surface area contributed by atoms with Crippen molar-refractivity contribution in [3.63, 3.8) is 0 Å². The van der Waals surface area contributed by atoms with Gasteiger partial charge in [0, 0.05) is 12.0 Å². The van der Waals surface area contributed by atoms with Crippen molar-refractivity contribution in [2.45, 2.75) is 12.8 Å². The van der Waals surface area contributed by atoms with Crippen molar-refractivity contribution >= 4 is 11.8 Å². The lowest BCUT2D eigenvalue weighted by Crippen LogP contribution is -2.02. The number of benzene rings is 2. The number of rotatable bonds is 5. The van der Waals surface area contributed by atoms with E-state index in [9.17, 15) is 14.7 Å². The summed E-state index contributed by atoms with van der Waals surface area (Å²) < 4.78 is 0. The van der Waals surface area contributed by atoms with E-state index in [1.165, 1.54) is 12.1 Å². The Hall–Kier alpha value is -2.62. The van der Waals surface area contributed by atoms with Gasteiger partial charge in [-0.3, -0.25) is 9.59 Å². The fourth-order valence-electron chi connectivity index (χ4n) is 1.92. The molecule has 0 atom stereocenters. The molecule has 0 saturated carbocycles. The zero-order valence-corrected chi connectivity index (χ0v) is 10.7. The summed E-state index contributed by atoms with van der Waals surface area (Å²) in [4.78, 5) is 22.7. The van der Waals surface area contributed by atoms with Crippen molar-refractivity contribution in [2.24, 2.45) is 0 Å². The number of ketones is 1. The van der Waals surface area contributed by atoms with E-state index in [4.69, 9.17) is 5.11 Å². The van der Waals surface area contributed by atoms with Gasteiger partial charge in [0.15, 0.2) is 5.78 Å². The minimum absolute atomic E-state index is 0.00851. The second-order valence-corrected chi connectivity index (χ2v) is 4.44. The first-order valence-corrected chi connectivity index (χ1v) is 6.21. The van der Waals surface area contributed by atoms with Crippen LogP contribution < -0.4 is 0 Å². The third-order valence-electron chi connectivity index (χ3n) is 2.97. The first-order chi connectivity index (χ1) is 9.58. The van der Waals surface area contributed by atoms with Crippen LogP contribution in [0.3, 0.4) is 0 Å². The summed E-state index contributed by atoms with van der Waals surface area (Å²) in [7, 11) is 0. The van der Waals surface area contributed by atoms with Gasteiger partial charge in [-0.05, 0) is 24.1 Å². The molecule has 0 aliphatic rings. The van der Waals surface area contributed by atoms with Crippen LogP contribution in [0.25, 0.3) is 0 Å². The first kappa shape index (κ1) is 13.8. The molecule has 2 N–H and O–H groups in total. The van der Waals surface area contributed by atoms with Crippen LogP contribution in [0, 0.1) is 0 Å². The van der Waals surface area contributed by atoms with Gasteiger partial charge in [0.25, 0.3) is 0 Å². The lowest BCUT2D eigenvalue weighted by Gasteiger charge is -2.06. The molecule has 0 bridgehead atoms. The number of aliphatic carboxylic acids is 1. The molecule has 0 aliphatic carbocycles. The van der Waals surface area contributed by atoms with Gasteiger partial charge in [-0.15, -0.1) is 0 Å². The van der Waals surface area contributed by atoms with E-state index < -0.39 is 5.97 Å². The standard InChI is InChI=1S/C16H14O4/c17-14-10-11(7-9-15(18)19)6-8-13(14)16(20)12-4-2-1-3-5-12/h1-6,8,10,17H,7,9H2,(H,18,19). The summed E-state index contributed by atoms with van der Waals surface area (Å²) >= 11 is 0. The Bertz CT molecular complexity index is 632. The largest absolute Gasteiger partial charge is 0.507 e. The van der Waals surface area contributed by atoms with Crippen molar-refractivity contribution in [2.75, 3.05) is 0 Å². The van der Waals surface area contributed by atoms with Gasteiger partial charge in [-0.25, -0.2) is 0 Å². The van der Waals surface area contributed by atoms with E-state index in [0.29, 0.717) is 17.5 Å². The molecule has 2 rings (SSSR count). The Morgan fingerprint density at radius 1 is 1.00 bits per heavy atom. The number of carboxylic acids is 1. The number of phenols is 1. The van der Waals surface area contributed by atoms with Crippen molar-refractivity contribution in [3.05, 3.63) is 65.2 Å². The van der Waals surface area contributed by atoms with E-state index in [-0.39, 0.29) is 23.5 Å². The van der Waals surface area contributed by atoms with Crippen LogP contribution in [0.4, 0.5) is 0 Å². The van der Waals surface area contributed by atoms with Gasteiger partial charge in [-0.1, -0.05) is 36.4 Å². The van der Waals surface area contributed by atoms with Gasteiger partial charge in [-0.2, -0.15) is 0 Å². The van der Waals surface area contributed by atoms with Crippen LogP contribution in [-0.2, 0) is 11.2 Å². The number of carbonyl (C=O) groups excluding carboxylic acids is 1. The minimum atomic E-state index is -0.895. The highest BCUT2D eigenvalue weighted by atomic mass is 16.4. The summed E-state index contributed by atoms with van der Waals surface area (Å²) in [6, 6.07) is 13.3. The quantitative estimate of drug-likeness (QED) is 0.819. The molecule has 2 aromatic rings. The van der Waals surface area contributed by atoms with Crippen molar-refractivity contribution in [1.29, 1.82) is 0 Å². The maximum atomic E-state index is 12.2. The Kier molecular flexibility index (Phi) is 4.15. The normalized spacial score (nSPS) is 10.2. The average molecular weight is 270 g/mol. The monoisotopic (exact) mass is 270 g/mol. The van der Waals surface area contributed by atoms with E-state index in [0.717, 1.165) is 0 Å². The van der Waals surface area contributed by atoms with Crippen LogP contribution in [0.5, 0.6) is 5.75 Å². The third kappa shape index (κ3) is 3.23. The second-order valence-electron chi connectivity index (χ2n) is 4.44. The minimum Gasteiger partial charge on any atom is -0.507 e. The number of aromatic hydroxyl groups is 1.